The van der Waals surface area contributed by atoms with Crippen molar-refractivity contribution in [1.29, 1.82) is 0 Å². The molecule has 0 amide bonds. The van der Waals surface area contributed by atoms with Crippen molar-refractivity contribution in [2.45, 2.75) is 204 Å². The number of phenolic OH excluding ortho intramolecular Hbond substituents is 2. The van der Waals surface area contributed by atoms with Crippen LogP contribution in [0.3, 0.4) is 0 Å². The first-order valence-corrected chi connectivity index (χ1v) is 36.6. The Morgan fingerprint density at radius 2 is 0.646 bits per heavy atom. The van der Waals surface area contributed by atoms with E-state index in [-0.39, 0.29) is 55.5 Å². The number of rotatable bonds is 13. The molecule has 0 aliphatic rings. The van der Waals surface area contributed by atoms with Gasteiger partial charge in [0.05, 0.1) is 33.4 Å². The van der Waals surface area contributed by atoms with Gasteiger partial charge in [-0.15, -0.1) is 0 Å². The van der Waals surface area contributed by atoms with Gasteiger partial charge in [-0.1, -0.05) is 207 Å². The number of nitrogens with zero attached hydrogens (tertiary/aromatic N) is 2. The lowest BCUT2D eigenvalue weighted by atomic mass is 9.71. The minimum atomic E-state index is -3.95. The number of fused-ring (bicyclic) bond motifs is 6. The van der Waals surface area contributed by atoms with Gasteiger partial charge in [0.15, 0.2) is 0 Å². The molecule has 0 atom stereocenters. The molecule has 0 fully saturated rings. The van der Waals surface area contributed by atoms with Crippen LogP contribution >= 0.6 is 0 Å². The maximum Gasteiger partial charge on any atom is 0.492 e. The summed E-state index contributed by atoms with van der Waals surface area (Å²) in [6, 6.07) is 53.5. The minimum Gasteiger partial charge on any atom is -0.508 e. The zero-order valence-electron chi connectivity index (χ0n) is 61.4. The molecule has 0 saturated heterocycles. The Morgan fingerprint density at radius 1 is 0.344 bits per heavy atom. The Labute approximate surface area is 571 Å². The van der Waals surface area contributed by atoms with Gasteiger partial charge in [-0.2, -0.15) is 0 Å². The molecule has 2 N–H and O–H groups in total. The molecule has 0 unspecified atom stereocenters. The SMILES string of the molecule is CC(C)(C)CC(C)(C)c1cc(-c2cc(F)ccc2O[Si](C)(Oc2ccc(F)cc2-c2cc(C(C)(C)CC(C)(C)C)cc(-n3c4ccc(C(C)(C)C)cc4c4cc(C(C)(C)C)ccc43)c2O)c2ccccc2)c(O)c(-n2c3ccc(C(C)(C)C)cc3c3cc(C(C)(C)C)ccc32)c1. The second-order valence-corrected chi connectivity index (χ2v) is 38.3. The van der Waals surface area contributed by atoms with Crippen LogP contribution in [0.4, 0.5) is 8.78 Å². The second-order valence-electron chi connectivity index (χ2n) is 35.4. The molecule has 502 valence electrons. The van der Waals surface area contributed by atoms with Crippen molar-refractivity contribution in [3.05, 3.63) is 209 Å². The highest BCUT2D eigenvalue weighted by molar-refractivity contribution is 6.81. The van der Waals surface area contributed by atoms with Crippen molar-refractivity contribution < 1.29 is 27.8 Å². The van der Waals surface area contributed by atoms with Gasteiger partial charge < -0.3 is 28.2 Å². The highest BCUT2D eigenvalue weighted by Crippen LogP contribution is 2.51. The summed E-state index contributed by atoms with van der Waals surface area (Å²) in [6.07, 6.45) is 1.59. The predicted molar refractivity (Wildman–Crippen MR) is 404 cm³/mol. The lowest BCUT2D eigenvalue weighted by Crippen LogP contribution is -2.56. The van der Waals surface area contributed by atoms with Gasteiger partial charge in [0.25, 0.3) is 0 Å². The summed E-state index contributed by atoms with van der Waals surface area (Å²) in [5, 5.41) is 31.9. The molecule has 11 aromatic rings. The van der Waals surface area contributed by atoms with E-state index in [0.29, 0.717) is 33.6 Å². The quantitative estimate of drug-likeness (QED) is 0.113. The molecule has 0 radical (unpaired) electrons. The largest absolute Gasteiger partial charge is 0.508 e. The molecule has 96 heavy (non-hydrogen) atoms. The minimum absolute atomic E-state index is 0.0442. The van der Waals surface area contributed by atoms with Crippen LogP contribution in [0.2, 0.25) is 6.55 Å². The number of aromatic hydroxyl groups is 2. The summed E-state index contributed by atoms with van der Waals surface area (Å²) in [6.45, 7) is 51.1. The first-order valence-electron chi connectivity index (χ1n) is 34.3. The van der Waals surface area contributed by atoms with Crippen LogP contribution in [0.25, 0.3) is 77.2 Å². The third kappa shape index (κ3) is 13.5. The van der Waals surface area contributed by atoms with E-state index in [1.54, 1.807) is 12.1 Å². The number of halogens is 2. The number of hydrogen-bond acceptors (Lipinski definition) is 4. The van der Waals surface area contributed by atoms with Crippen LogP contribution in [-0.2, 0) is 32.5 Å². The number of hydrogen-bond donors (Lipinski definition) is 2. The van der Waals surface area contributed by atoms with E-state index in [9.17, 15) is 10.2 Å². The van der Waals surface area contributed by atoms with Crippen molar-refractivity contribution in [1.82, 2.24) is 9.13 Å². The van der Waals surface area contributed by atoms with Gasteiger partial charge in [-0.05, 0) is 199 Å². The maximum absolute atomic E-state index is 16.6. The standard InChI is InChI=1S/C87H102F2N2O4Si/c1-80(2,3)51-86(19,20)57-45-68(78(92)74(47-57)90-70-35-29-53(82(7,8)9)41-62(70)63-42-54(83(10,11)12)30-36-71(63)90)66-49-59(88)33-39-76(66)94-96(23,61-27-25-24-26-28-61)95-77-40-34-60(89)50-67(77)69-46-58(87(21,22)52-81(4,5)6)48-75(79(69)93)91-72-37-31-55(84(13,14)15)43-64(72)65-44-56(85(16,17)18)32-38-73(65)91/h24-50,92-93H,51-52H2,1-23H3. The van der Waals surface area contributed by atoms with Crippen LogP contribution in [0.1, 0.15) is 199 Å². The Morgan fingerprint density at radius 3 is 0.927 bits per heavy atom. The smallest absolute Gasteiger partial charge is 0.492 e. The Kier molecular flexibility index (Phi) is 17.2. The molecule has 0 aliphatic heterocycles. The molecular formula is C87H102F2N2O4Si. The van der Waals surface area contributed by atoms with Crippen molar-refractivity contribution in [2.24, 2.45) is 10.8 Å². The van der Waals surface area contributed by atoms with E-state index in [1.807, 2.05) is 49.0 Å². The third-order valence-electron chi connectivity index (χ3n) is 19.5. The van der Waals surface area contributed by atoms with E-state index < -0.39 is 31.0 Å². The lowest BCUT2D eigenvalue weighted by molar-refractivity contribution is 0.283. The first kappa shape index (κ1) is 69.2. The predicted octanol–water partition coefficient (Wildman–Crippen LogP) is 24.0. The number of aromatic nitrogens is 2. The topological polar surface area (TPSA) is 68.8 Å². The fourth-order valence-electron chi connectivity index (χ4n) is 15.0. The molecular weight excluding hydrogens is 1200 g/mol. The fourth-order valence-corrected chi connectivity index (χ4v) is 17.2. The molecule has 0 bridgehead atoms. The van der Waals surface area contributed by atoms with Crippen LogP contribution in [0.5, 0.6) is 23.0 Å². The highest BCUT2D eigenvalue weighted by Gasteiger charge is 2.42. The summed E-state index contributed by atoms with van der Waals surface area (Å²) in [5.74, 6) is -0.560. The molecule has 0 saturated carbocycles. The van der Waals surface area contributed by atoms with Crippen molar-refractivity contribution >= 4 is 57.4 Å². The van der Waals surface area contributed by atoms with Crippen molar-refractivity contribution in [2.75, 3.05) is 0 Å². The Hall–Kier alpha value is -8.14. The summed E-state index contributed by atoms with van der Waals surface area (Å²) in [4.78, 5) is 0. The van der Waals surface area contributed by atoms with Crippen LogP contribution < -0.4 is 14.0 Å². The summed E-state index contributed by atoms with van der Waals surface area (Å²) < 4.78 is 52.7. The van der Waals surface area contributed by atoms with Crippen LogP contribution in [0, 0.1) is 22.5 Å². The third-order valence-corrected chi connectivity index (χ3v) is 22.1. The zero-order valence-corrected chi connectivity index (χ0v) is 62.4. The summed E-state index contributed by atoms with van der Waals surface area (Å²) >= 11 is 0. The van der Waals surface area contributed by atoms with E-state index >= 15 is 8.78 Å². The van der Waals surface area contributed by atoms with Gasteiger partial charge in [0, 0.05) is 55.5 Å². The van der Waals surface area contributed by atoms with E-state index in [1.165, 1.54) is 46.5 Å². The average molecular weight is 1310 g/mol. The highest BCUT2D eigenvalue weighted by atomic mass is 28.4. The molecule has 0 spiro atoms. The number of benzene rings is 9. The average Bonchev–Trinajstić information content (AvgIpc) is 1.68. The van der Waals surface area contributed by atoms with Crippen molar-refractivity contribution in [3.8, 4) is 56.6 Å². The second kappa shape index (κ2) is 23.8. The van der Waals surface area contributed by atoms with Gasteiger partial charge in [-0.25, -0.2) is 8.78 Å². The first-order chi connectivity index (χ1) is 44.3. The van der Waals surface area contributed by atoms with Crippen LogP contribution in [0.15, 0.2) is 164 Å². The zero-order chi connectivity index (χ0) is 70.2. The number of phenols is 2. The Balaban J connectivity index is 1.14. The van der Waals surface area contributed by atoms with Gasteiger partial charge >= 0.3 is 8.56 Å². The van der Waals surface area contributed by atoms with Crippen molar-refractivity contribution in [3.63, 3.8) is 0 Å². The van der Waals surface area contributed by atoms with Gasteiger partial charge in [-0.3, -0.25) is 0 Å². The molecule has 9 heteroatoms. The molecule has 2 aromatic heterocycles. The normalized spacial score (nSPS) is 13.4. The van der Waals surface area contributed by atoms with E-state index in [4.69, 9.17) is 8.85 Å². The molecule has 2 heterocycles. The van der Waals surface area contributed by atoms with Gasteiger partial charge in [0.2, 0.25) is 0 Å². The van der Waals surface area contributed by atoms with E-state index in [2.05, 4.69) is 246 Å². The van der Waals surface area contributed by atoms with Gasteiger partial charge in [0.1, 0.15) is 34.6 Å². The molecule has 6 nitrogen and oxygen atoms in total. The maximum atomic E-state index is 16.6. The molecule has 9 aromatic carbocycles. The Bertz CT molecular complexity index is 4400. The summed E-state index contributed by atoms with van der Waals surface area (Å²) in [5.41, 5.74) is 11.4. The molecule has 0 aliphatic carbocycles. The summed E-state index contributed by atoms with van der Waals surface area (Å²) in [7, 11) is -3.95. The van der Waals surface area contributed by atoms with E-state index in [0.717, 1.165) is 72.8 Å². The fraction of sp³-hybridized carbons (Fsp3) is 0.379. The van der Waals surface area contributed by atoms with Crippen LogP contribution in [-0.4, -0.2) is 27.9 Å². The lowest BCUT2D eigenvalue weighted by Gasteiger charge is -2.34. The molecule has 11 rings (SSSR count). The monoisotopic (exact) mass is 1300 g/mol.